The number of hydrogen-bond donors (Lipinski definition) is 1. The van der Waals surface area contributed by atoms with Gasteiger partial charge >= 0.3 is 0 Å². The van der Waals surface area contributed by atoms with Crippen molar-refractivity contribution >= 4 is 10.8 Å². The quantitative estimate of drug-likeness (QED) is 0.791. The average molecular weight is 318 g/mol. The molecule has 2 heterocycles. The monoisotopic (exact) mass is 318 g/mol. The number of benzene rings is 2. The predicted octanol–water partition coefficient (Wildman–Crippen LogP) is 3.96. The van der Waals surface area contributed by atoms with Gasteiger partial charge in [0.05, 0.1) is 0 Å². The molecule has 3 nitrogen and oxygen atoms in total. The predicted molar refractivity (Wildman–Crippen MR) is 97.5 cm³/mol. The van der Waals surface area contributed by atoms with Gasteiger partial charge in [-0.15, -0.1) is 0 Å². The summed E-state index contributed by atoms with van der Waals surface area (Å²) in [6.45, 7) is 2.08. The molecule has 0 saturated carbocycles. The topological polar surface area (TPSA) is 34.1 Å². The maximum absolute atomic E-state index is 6.41. The van der Waals surface area contributed by atoms with Crippen LogP contribution in [0.15, 0.2) is 60.9 Å². The molecule has 0 bridgehead atoms. The molecule has 0 atom stereocenters. The molecular formula is C21H22N2O. The van der Waals surface area contributed by atoms with E-state index in [0.717, 1.165) is 38.1 Å². The molecule has 3 heteroatoms. The van der Waals surface area contributed by atoms with Crippen LogP contribution in [-0.2, 0) is 6.42 Å². The zero-order valence-electron chi connectivity index (χ0n) is 13.7. The van der Waals surface area contributed by atoms with Crippen molar-refractivity contribution < 1.29 is 4.74 Å². The SMILES string of the molecule is c1ccc(Cc2c(OC3CCNCC3)ccc3cnccc23)cc1. The summed E-state index contributed by atoms with van der Waals surface area (Å²) in [7, 11) is 0. The fourth-order valence-electron chi connectivity index (χ4n) is 3.40. The van der Waals surface area contributed by atoms with Crippen molar-refractivity contribution in [1.82, 2.24) is 10.3 Å². The number of hydrogen-bond acceptors (Lipinski definition) is 3. The van der Waals surface area contributed by atoms with Crippen LogP contribution < -0.4 is 10.1 Å². The summed E-state index contributed by atoms with van der Waals surface area (Å²) >= 11 is 0. The van der Waals surface area contributed by atoms with Crippen LogP contribution in [0.1, 0.15) is 24.0 Å². The molecule has 0 radical (unpaired) electrons. The second-order valence-corrected chi connectivity index (χ2v) is 6.37. The standard InChI is InChI=1S/C21H22N2O/c1-2-4-16(5-3-1)14-20-19-10-13-23-15-17(19)6-7-21(20)24-18-8-11-22-12-9-18/h1-7,10,13,15,18,22H,8-9,11-12,14H2. The third-order valence-corrected chi connectivity index (χ3v) is 4.69. The molecular weight excluding hydrogens is 296 g/mol. The summed E-state index contributed by atoms with van der Waals surface area (Å²) in [4.78, 5) is 4.26. The largest absolute Gasteiger partial charge is 0.490 e. The van der Waals surface area contributed by atoms with Gasteiger partial charge < -0.3 is 10.1 Å². The third-order valence-electron chi connectivity index (χ3n) is 4.69. The number of aromatic nitrogens is 1. The number of ether oxygens (including phenoxy) is 1. The molecule has 0 amide bonds. The molecule has 0 spiro atoms. The Balaban J connectivity index is 1.72. The Labute approximate surface area is 142 Å². The number of piperidine rings is 1. The molecule has 1 saturated heterocycles. The highest BCUT2D eigenvalue weighted by molar-refractivity contribution is 5.87. The zero-order chi connectivity index (χ0) is 16.2. The van der Waals surface area contributed by atoms with Crippen LogP contribution in [-0.4, -0.2) is 24.2 Å². The van der Waals surface area contributed by atoms with E-state index in [2.05, 4.69) is 58.8 Å². The van der Waals surface area contributed by atoms with E-state index in [0.29, 0.717) is 6.10 Å². The van der Waals surface area contributed by atoms with E-state index in [9.17, 15) is 0 Å². The van der Waals surface area contributed by atoms with E-state index in [1.54, 1.807) is 0 Å². The highest BCUT2D eigenvalue weighted by Crippen LogP contribution is 2.31. The van der Waals surface area contributed by atoms with Crippen molar-refractivity contribution in [2.75, 3.05) is 13.1 Å². The Morgan fingerprint density at radius 3 is 2.67 bits per heavy atom. The van der Waals surface area contributed by atoms with Crippen molar-refractivity contribution in [2.24, 2.45) is 0 Å². The van der Waals surface area contributed by atoms with Gasteiger partial charge in [0.15, 0.2) is 0 Å². The van der Waals surface area contributed by atoms with Gasteiger partial charge in [0.2, 0.25) is 0 Å². The van der Waals surface area contributed by atoms with Gasteiger partial charge in [0.25, 0.3) is 0 Å². The Bertz CT molecular complexity index is 810. The summed E-state index contributed by atoms with van der Waals surface area (Å²) in [6, 6.07) is 16.9. The highest BCUT2D eigenvalue weighted by Gasteiger charge is 2.17. The minimum atomic E-state index is 0.306. The minimum Gasteiger partial charge on any atom is -0.490 e. The van der Waals surface area contributed by atoms with Gasteiger partial charge in [0.1, 0.15) is 11.9 Å². The van der Waals surface area contributed by atoms with Crippen LogP contribution in [0.5, 0.6) is 5.75 Å². The third kappa shape index (κ3) is 3.26. The molecule has 0 aliphatic carbocycles. The van der Waals surface area contributed by atoms with Crippen LogP contribution >= 0.6 is 0 Å². The average Bonchev–Trinajstić information content (AvgIpc) is 2.65. The van der Waals surface area contributed by atoms with Gasteiger partial charge in [-0.3, -0.25) is 4.98 Å². The summed E-state index contributed by atoms with van der Waals surface area (Å²) in [5.41, 5.74) is 2.57. The fraction of sp³-hybridized carbons (Fsp3) is 0.286. The summed E-state index contributed by atoms with van der Waals surface area (Å²) in [6.07, 6.45) is 7.12. The molecule has 4 rings (SSSR count). The second kappa shape index (κ2) is 7.02. The molecule has 122 valence electrons. The molecule has 1 fully saturated rings. The molecule has 24 heavy (non-hydrogen) atoms. The van der Waals surface area contributed by atoms with Gasteiger partial charge in [-0.25, -0.2) is 0 Å². The van der Waals surface area contributed by atoms with E-state index < -0.39 is 0 Å². The lowest BCUT2D eigenvalue weighted by molar-refractivity contribution is 0.161. The van der Waals surface area contributed by atoms with Gasteiger partial charge in [-0.05, 0) is 55.1 Å². The van der Waals surface area contributed by atoms with Gasteiger partial charge in [-0.2, -0.15) is 0 Å². The first-order chi connectivity index (χ1) is 11.9. The lowest BCUT2D eigenvalue weighted by atomic mass is 9.98. The molecule has 3 aromatic rings. The highest BCUT2D eigenvalue weighted by atomic mass is 16.5. The first kappa shape index (κ1) is 15.2. The lowest BCUT2D eigenvalue weighted by Gasteiger charge is -2.25. The van der Waals surface area contributed by atoms with E-state index in [1.807, 2.05) is 12.4 Å². The van der Waals surface area contributed by atoms with Gasteiger partial charge in [0, 0.05) is 29.8 Å². The van der Waals surface area contributed by atoms with E-state index >= 15 is 0 Å². The molecule has 0 unspecified atom stereocenters. The molecule has 2 aromatic carbocycles. The van der Waals surface area contributed by atoms with E-state index in [-0.39, 0.29) is 0 Å². The Morgan fingerprint density at radius 2 is 1.83 bits per heavy atom. The molecule has 1 aliphatic rings. The van der Waals surface area contributed by atoms with Gasteiger partial charge in [-0.1, -0.05) is 30.3 Å². The number of pyridine rings is 1. The number of fused-ring (bicyclic) bond motifs is 1. The summed E-state index contributed by atoms with van der Waals surface area (Å²) in [5, 5.41) is 5.80. The minimum absolute atomic E-state index is 0.306. The Morgan fingerprint density at radius 1 is 1.00 bits per heavy atom. The van der Waals surface area contributed by atoms with E-state index in [4.69, 9.17) is 4.74 Å². The van der Waals surface area contributed by atoms with Crippen molar-refractivity contribution in [3.05, 3.63) is 72.1 Å². The van der Waals surface area contributed by atoms with Crippen LogP contribution in [0.2, 0.25) is 0 Å². The van der Waals surface area contributed by atoms with Crippen molar-refractivity contribution in [2.45, 2.75) is 25.4 Å². The number of rotatable bonds is 4. The molecule has 1 aromatic heterocycles. The van der Waals surface area contributed by atoms with Crippen molar-refractivity contribution in [3.8, 4) is 5.75 Å². The van der Waals surface area contributed by atoms with Crippen molar-refractivity contribution in [1.29, 1.82) is 0 Å². The fourth-order valence-corrected chi connectivity index (χ4v) is 3.40. The van der Waals surface area contributed by atoms with Crippen molar-refractivity contribution in [3.63, 3.8) is 0 Å². The Hall–Kier alpha value is -2.39. The lowest BCUT2D eigenvalue weighted by Crippen LogP contribution is -2.34. The number of nitrogens with zero attached hydrogens (tertiary/aromatic N) is 1. The van der Waals surface area contributed by atoms with Crippen LogP contribution in [0.3, 0.4) is 0 Å². The smallest absolute Gasteiger partial charge is 0.123 e. The summed E-state index contributed by atoms with van der Waals surface area (Å²) in [5.74, 6) is 1.02. The normalized spacial score (nSPS) is 15.5. The van der Waals surface area contributed by atoms with Crippen LogP contribution in [0.4, 0.5) is 0 Å². The molecule has 1 aliphatic heterocycles. The molecule has 1 N–H and O–H groups in total. The van der Waals surface area contributed by atoms with Crippen LogP contribution in [0, 0.1) is 0 Å². The van der Waals surface area contributed by atoms with E-state index in [1.165, 1.54) is 21.9 Å². The summed E-state index contributed by atoms with van der Waals surface area (Å²) < 4.78 is 6.41. The first-order valence-electron chi connectivity index (χ1n) is 8.67. The maximum Gasteiger partial charge on any atom is 0.123 e. The Kier molecular flexibility index (Phi) is 4.43. The van der Waals surface area contributed by atoms with Crippen LogP contribution in [0.25, 0.3) is 10.8 Å². The maximum atomic E-state index is 6.41. The number of nitrogens with one attached hydrogen (secondary N) is 1. The zero-order valence-corrected chi connectivity index (χ0v) is 13.7. The first-order valence-corrected chi connectivity index (χ1v) is 8.67. The second-order valence-electron chi connectivity index (χ2n) is 6.37.